The molecule has 0 atom stereocenters. The number of hydrogen-bond donors (Lipinski definition) is 0. The van der Waals surface area contributed by atoms with Gasteiger partial charge in [0.05, 0.1) is 0 Å². The second-order valence-corrected chi connectivity index (χ2v) is 19.4. The summed E-state index contributed by atoms with van der Waals surface area (Å²) in [5.41, 5.74) is 0. The third kappa shape index (κ3) is 6.55. The average molecular weight is 309 g/mol. The molecule has 76 valence electrons. The van der Waals surface area contributed by atoms with Crippen LogP contribution in [0.15, 0.2) is 9.67 Å². The first-order chi connectivity index (χ1) is 5.88. The molecule has 0 aliphatic heterocycles. The number of carbonyl (C=O) groups is 1. The van der Waals surface area contributed by atoms with Gasteiger partial charge in [0.15, 0.2) is 0 Å². The van der Waals surface area contributed by atoms with Crippen molar-refractivity contribution in [3.63, 3.8) is 0 Å². The van der Waals surface area contributed by atoms with E-state index in [9.17, 15) is 4.79 Å². The molecular weight excluding hydrogens is 290 g/mol. The fraction of sp³-hybridized carbons (Fsp3) is 0.700. The maximum atomic E-state index is 11.0. The Kier molecular flexibility index (Phi) is 6.30. The summed E-state index contributed by atoms with van der Waals surface area (Å²) in [6, 6.07) is 0. The van der Waals surface area contributed by atoms with Gasteiger partial charge in [-0.1, -0.05) is 0 Å². The SMILES string of the molecule is CC(=O)/C=[C](/CCCCl)[Sn]([CH3])([CH3])[CH3]. The quantitative estimate of drug-likeness (QED) is 0.432. The molecule has 0 aliphatic rings. The minimum absolute atomic E-state index is 0.177. The Morgan fingerprint density at radius 3 is 2.23 bits per heavy atom. The van der Waals surface area contributed by atoms with Crippen molar-refractivity contribution in [1.82, 2.24) is 0 Å². The number of halogens is 1. The number of allylic oxidation sites excluding steroid dienone is 2. The van der Waals surface area contributed by atoms with E-state index in [0.717, 1.165) is 12.8 Å². The third-order valence-electron chi connectivity index (χ3n) is 1.92. The predicted octanol–water partition coefficient (Wildman–Crippen LogP) is 3.40. The first-order valence-electron chi connectivity index (χ1n) is 4.65. The van der Waals surface area contributed by atoms with Crippen LogP contribution in [0.5, 0.6) is 0 Å². The Bertz CT molecular complexity index is 203. The second-order valence-electron chi connectivity index (χ2n) is 4.32. The fourth-order valence-corrected chi connectivity index (χ4v) is 5.76. The molecule has 0 N–H and O–H groups in total. The zero-order chi connectivity index (χ0) is 10.5. The van der Waals surface area contributed by atoms with Crippen LogP contribution in [0.3, 0.4) is 0 Å². The van der Waals surface area contributed by atoms with Crippen LogP contribution < -0.4 is 0 Å². The molecule has 0 saturated heterocycles. The molecule has 0 rings (SSSR count). The standard InChI is InChI=1S/C7H10ClO.3CH3.Sn/c1-7(9)5-3-2-4-6-8;;;;/h5H,2,4,6H2,1H3;3*1H3;. The molecule has 0 unspecified atom stereocenters. The number of carbonyl (C=O) groups excluding carboxylic acids is 1. The molecule has 0 aromatic heterocycles. The summed E-state index contributed by atoms with van der Waals surface area (Å²) < 4.78 is 1.41. The van der Waals surface area contributed by atoms with Gasteiger partial charge in [0.25, 0.3) is 0 Å². The third-order valence-corrected chi connectivity index (χ3v) is 8.81. The van der Waals surface area contributed by atoms with Gasteiger partial charge in [0, 0.05) is 0 Å². The Labute approximate surface area is 90.4 Å². The fourth-order valence-electron chi connectivity index (χ4n) is 1.17. The summed E-state index contributed by atoms with van der Waals surface area (Å²) in [4.78, 5) is 18.0. The summed E-state index contributed by atoms with van der Waals surface area (Å²) in [5.74, 6) is 0.869. The Hall–Kier alpha value is 0.499. The van der Waals surface area contributed by atoms with Crippen LogP contribution >= 0.6 is 11.6 Å². The van der Waals surface area contributed by atoms with E-state index in [1.54, 1.807) is 6.92 Å². The van der Waals surface area contributed by atoms with Crippen molar-refractivity contribution in [2.45, 2.75) is 34.6 Å². The zero-order valence-electron chi connectivity index (χ0n) is 8.98. The molecule has 0 radical (unpaired) electrons. The minimum atomic E-state index is -2.01. The summed E-state index contributed by atoms with van der Waals surface area (Å²) in [6.07, 6.45) is 3.85. The Morgan fingerprint density at radius 2 is 1.92 bits per heavy atom. The molecule has 0 saturated carbocycles. The zero-order valence-corrected chi connectivity index (χ0v) is 12.6. The van der Waals surface area contributed by atoms with Crippen LogP contribution in [-0.2, 0) is 4.79 Å². The summed E-state index contributed by atoms with van der Waals surface area (Å²) >= 11 is 3.63. The normalized spacial score (nSPS) is 13.2. The van der Waals surface area contributed by atoms with Crippen molar-refractivity contribution >= 4 is 35.8 Å². The number of rotatable bonds is 5. The van der Waals surface area contributed by atoms with E-state index in [1.165, 1.54) is 3.59 Å². The van der Waals surface area contributed by atoms with Gasteiger partial charge >= 0.3 is 90.7 Å². The van der Waals surface area contributed by atoms with Crippen LogP contribution in [0.4, 0.5) is 0 Å². The monoisotopic (exact) mass is 310 g/mol. The topological polar surface area (TPSA) is 17.1 Å². The first-order valence-corrected chi connectivity index (χ1v) is 15.2. The van der Waals surface area contributed by atoms with Crippen molar-refractivity contribution in [1.29, 1.82) is 0 Å². The van der Waals surface area contributed by atoms with E-state index in [4.69, 9.17) is 11.6 Å². The van der Waals surface area contributed by atoms with Crippen LogP contribution in [0.25, 0.3) is 0 Å². The van der Waals surface area contributed by atoms with E-state index in [1.807, 2.05) is 6.08 Å². The number of ketones is 1. The average Bonchev–Trinajstić information content (AvgIpc) is 1.95. The van der Waals surface area contributed by atoms with E-state index in [-0.39, 0.29) is 5.78 Å². The van der Waals surface area contributed by atoms with Gasteiger partial charge < -0.3 is 0 Å². The Morgan fingerprint density at radius 1 is 1.38 bits per heavy atom. The molecule has 13 heavy (non-hydrogen) atoms. The summed E-state index contributed by atoms with van der Waals surface area (Å²) in [7, 11) is 0. The van der Waals surface area contributed by atoms with Crippen LogP contribution in [-0.4, -0.2) is 30.0 Å². The van der Waals surface area contributed by atoms with Gasteiger partial charge in [-0.15, -0.1) is 0 Å². The summed E-state index contributed by atoms with van der Waals surface area (Å²) in [5, 5.41) is 0. The van der Waals surface area contributed by atoms with Crippen LogP contribution in [0.1, 0.15) is 19.8 Å². The molecule has 0 aromatic rings. The van der Waals surface area contributed by atoms with Gasteiger partial charge in [0.2, 0.25) is 0 Å². The van der Waals surface area contributed by atoms with Crippen molar-refractivity contribution in [2.24, 2.45) is 0 Å². The van der Waals surface area contributed by atoms with Crippen LogP contribution in [0, 0.1) is 0 Å². The molecular formula is C10H19ClOSn. The molecule has 0 heterocycles. The van der Waals surface area contributed by atoms with E-state index in [2.05, 4.69) is 14.8 Å². The van der Waals surface area contributed by atoms with Gasteiger partial charge in [-0.25, -0.2) is 0 Å². The molecule has 0 spiro atoms. The van der Waals surface area contributed by atoms with Crippen molar-refractivity contribution < 1.29 is 4.79 Å². The Balaban J connectivity index is 4.47. The molecule has 0 bridgehead atoms. The van der Waals surface area contributed by atoms with Gasteiger partial charge in [-0.3, -0.25) is 0 Å². The molecule has 0 fully saturated rings. The van der Waals surface area contributed by atoms with Gasteiger partial charge in [0.1, 0.15) is 0 Å². The molecule has 0 aromatic carbocycles. The van der Waals surface area contributed by atoms with E-state index >= 15 is 0 Å². The maximum absolute atomic E-state index is 11.0. The van der Waals surface area contributed by atoms with Gasteiger partial charge in [-0.2, -0.15) is 0 Å². The number of hydrogen-bond acceptors (Lipinski definition) is 1. The molecule has 1 nitrogen and oxygen atoms in total. The molecule has 3 heteroatoms. The first kappa shape index (κ1) is 13.5. The predicted molar refractivity (Wildman–Crippen MR) is 62.1 cm³/mol. The van der Waals surface area contributed by atoms with Gasteiger partial charge in [-0.05, 0) is 0 Å². The molecule has 0 amide bonds. The number of alkyl halides is 1. The van der Waals surface area contributed by atoms with E-state index < -0.39 is 18.4 Å². The molecule has 0 aliphatic carbocycles. The van der Waals surface area contributed by atoms with Crippen LogP contribution in [0.2, 0.25) is 14.8 Å². The van der Waals surface area contributed by atoms with Crippen molar-refractivity contribution in [3.05, 3.63) is 9.67 Å². The van der Waals surface area contributed by atoms with E-state index in [0.29, 0.717) is 5.88 Å². The summed E-state index contributed by atoms with van der Waals surface area (Å²) in [6.45, 7) is 1.62. The second kappa shape index (κ2) is 6.07. The van der Waals surface area contributed by atoms with Crippen molar-refractivity contribution in [2.75, 3.05) is 5.88 Å². The van der Waals surface area contributed by atoms with Crippen molar-refractivity contribution in [3.8, 4) is 0 Å².